The van der Waals surface area contributed by atoms with Crippen molar-refractivity contribution in [1.82, 2.24) is 15.7 Å². The first-order chi connectivity index (χ1) is 16.4. The Bertz CT molecular complexity index is 1120. The molecule has 0 aromatic heterocycles. The molecule has 2 rings (SSSR count). The standard InChI is InChI=1S/C25H27N5O4.CH4/c1-3-30(2)17-23(31)27-21-14-10-19(11-15-21)7-5-4-6-18-8-12-20(13-9-18)24(32)28-22(16-26)25(33)29-34;/h8-15,22,34H,3,16-17,26H2,1-2H3,(H,27,31)(H,28,32)(H,29,33);1H4/t22-;/m0./s1. The zero-order valence-corrected chi connectivity index (χ0v) is 19.0. The first-order valence-corrected chi connectivity index (χ1v) is 10.5. The zero-order valence-electron chi connectivity index (χ0n) is 19.0. The highest BCUT2D eigenvalue weighted by atomic mass is 16.5. The van der Waals surface area contributed by atoms with Gasteiger partial charge in [-0.2, -0.15) is 0 Å². The average Bonchev–Trinajstić information content (AvgIpc) is 2.85. The summed E-state index contributed by atoms with van der Waals surface area (Å²) in [5, 5.41) is 13.9. The first-order valence-electron chi connectivity index (χ1n) is 10.5. The number of rotatable bonds is 8. The third-order valence-electron chi connectivity index (χ3n) is 4.71. The summed E-state index contributed by atoms with van der Waals surface area (Å²) < 4.78 is 0. The van der Waals surface area contributed by atoms with Crippen LogP contribution in [-0.2, 0) is 9.59 Å². The molecular weight excluding hydrogens is 446 g/mol. The molecule has 1 atom stereocenters. The second-order valence-corrected chi connectivity index (χ2v) is 7.27. The number of nitrogens with one attached hydrogen (secondary N) is 3. The lowest BCUT2D eigenvalue weighted by Crippen LogP contribution is -2.50. The van der Waals surface area contributed by atoms with Crippen molar-refractivity contribution in [1.29, 1.82) is 0 Å². The minimum atomic E-state index is -1.04. The molecule has 0 aliphatic carbocycles. The van der Waals surface area contributed by atoms with Crippen LogP contribution in [0.3, 0.4) is 0 Å². The van der Waals surface area contributed by atoms with E-state index in [0.29, 0.717) is 23.4 Å². The number of hydrogen-bond donors (Lipinski definition) is 5. The number of carbonyl (C=O) groups is 3. The van der Waals surface area contributed by atoms with Gasteiger partial charge in [-0.1, -0.05) is 26.2 Å². The molecule has 2 aromatic carbocycles. The lowest BCUT2D eigenvalue weighted by molar-refractivity contribution is -0.130. The molecular formula is C26H31N5O4. The SMILES string of the molecule is C.CCN(C)CC(=O)Nc1ccc(C#CC#Cc2ccc(C(=O)N[C@@H](CN)C(=O)NO)cc2)cc1. The molecule has 184 valence electrons. The largest absolute Gasteiger partial charge is 0.339 e. The Kier molecular flexibility index (Phi) is 12.3. The Morgan fingerprint density at radius 3 is 2.03 bits per heavy atom. The number of hydrogen-bond acceptors (Lipinski definition) is 6. The Hall–Kier alpha value is -4.15. The van der Waals surface area contributed by atoms with Gasteiger partial charge in [-0.05, 0) is 74.0 Å². The summed E-state index contributed by atoms with van der Waals surface area (Å²) in [6.45, 7) is 2.95. The third kappa shape index (κ3) is 9.70. The number of hydroxylamine groups is 1. The van der Waals surface area contributed by atoms with E-state index in [9.17, 15) is 14.4 Å². The molecule has 0 aliphatic rings. The molecule has 0 saturated carbocycles. The van der Waals surface area contributed by atoms with Gasteiger partial charge in [0.05, 0.1) is 6.54 Å². The van der Waals surface area contributed by atoms with E-state index < -0.39 is 17.9 Å². The van der Waals surface area contributed by atoms with Crippen molar-refractivity contribution >= 4 is 23.4 Å². The maximum atomic E-state index is 12.2. The van der Waals surface area contributed by atoms with Gasteiger partial charge >= 0.3 is 0 Å². The van der Waals surface area contributed by atoms with Gasteiger partial charge in [-0.25, -0.2) is 5.48 Å². The molecule has 0 fully saturated rings. The van der Waals surface area contributed by atoms with Crippen molar-refractivity contribution in [3.8, 4) is 23.7 Å². The van der Waals surface area contributed by atoms with E-state index >= 15 is 0 Å². The normalized spacial score (nSPS) is 10.4. The van der Waals surface area contributed by atoms with Crippen LogP contribution in [0.1, 0.15) is 35.8 Å². The Morgan fingerprint density at radius 2 is 1.54 bits per heavy atom. The van der Waals surface area contributed by atoms with Gasteiger partial charge in [0.25, 0.3) is 11.8 Å². The molecule has 0 bridgehead atoms. The number of nitrogens with zero attached hydrogens (tertiary/aromatic N) is 1. The predicted octanol–water partition coefficient (Wildman–Crippen LogP) is 1.18. The van der Waals surface area contributed by atoms with Gasteiger partial charge in [-0.3, -0.25) is 24.5 Å². The first kappa shape index (κ1) is 28.9. The van der Waals surface area contributed by atoms with Crippen molar-refractivity contribution in [2.24, 2.45) is 5.73 Å². The Balaban J connectivity index is 0.00000612. The number of benzene rings is 2. The van der Waals surface area contributed by atoms with Gasteiger partial charge in [-0.15, -0.1) is 0 Å². The van der Waals surface area contributed by atoms with Gasteiger partial charge in [0.2, 0.25) is 5.91 Å². The molecule has 2 aromatic rings. The lowest BCUT2D eigenvalue weighted by Gasteiger charge is -2.14. The summed E-state index contributed by atoms with van der Waals surface area (Å²) in [7, 11) is 1.88. The third-order valence-corrected chi connectivity index (χ3v) is 4.71. The summed E-state index contributed by atoms with van der Waals surface area (Å²) in [5.74, 6) is 9.96. The van der Waals surface area contributed by atoms with E-state index in [1.807, 2.05) is 18.9 Å². The van der Waals surface area contributed by atoms with Crippen molar-refractivity contribution in [3.63, 3.8) is 0 Å². The highest BCUT2D eigenvalue weighted by molar-refractivity contribution is 5.97. The Morgan fingerprint density at radius 1 is 1.00 bits per heavy atom. The maximum absolute atomic E-state index is 12.2. The molecule has 6 N–H and O–H groups in total. The second-order valence-electron chi connectivity index (χ2n) is 7.27. The zero-order chi connectivity index (χ0) is 24.9. The van der Waals surface area contributed by atoms with Gasteiger partial charge in [0, 0.05) is 28.9 Å². The van der Waals surface area contributed by atoms with E-state index in [2.05, 4.69) is 34.3 Å². The molecule has 0 spiro atoms. The second kappa shape index (κ2) is 14.9. The van der Waals surface area contributed by atoms with E-state index in [4.69, 9.17) is 10.9 Å². The average molecular weight is 478 g/mol. The number of carbonyl (C=O) groups excluding carboxylic acids is 3. The van der Waals surface area contributed by atoms with Crippen molar-refractivity contribution < 1.29 is 19.6 Å². The fourth-order valence-electron chi connectivity index (χ4n) is 2.66. The van der Waals surface area contributed by atoms with Crippen molar-refractivity contribution in [2.45, 2.75) is 20.4 Å². The summed E-state index contributed by atoms with van der Waals surface area (Å²) in [6, 6.07) is 12.5. The lowest BCUT2D eigenvalue weighted by atomic mass is 10.1. The fourth-order valence-corrected chi connectivity index (χ4v) is 2.66. The van der Waals surface area contributed by atoms with E-state index in [-0.39, 0.29) is 19.9 Å². The molecule has 9 nitrogen and oxygen atoms in total. The molecule has 0 heterocycles. The summed E-state index contributed by atoms with van der Waals surface area (Å²) in [4.78, 5) is 37.4. The van der Waals surface area contributed by atoms with E-state index in [0.717, 1.165) is 12.1 Å². The van der Waals surface area contributed by atoms with Crippen LogP contribution in [0.25, 0.3) is 0 Å². The monoisotopic (exact) mass is 477 g/mol. The fraction of sp³-hybridized carbons (Fsp3) is 0.269. The molecule has 0 aliphatic heterocycles. The van der Waals surface area contributed by atoms with Crippen LogP contribution in [0.15, 0.2) is 48.5 Å². The highest BCUT2D eigenvalue weighted by Gasteiger charge is 2.19. The van der Waals surface area contributed by atoms with Crippen LogP contribution in [0, 0.1) is 23.7 Å². The predicted molar refractivity (Wildman–Crippen MR) is 135 cm³/mol. The minimum Gasteiger partial charge on any atom is -0.339 e. The number of nitrogens with two attached hydrogens (primary N) is 1. The maximum Gasteiger partial charge on any atom is 0.267 e. The summed E-state index contributed by atoms with van der Waals surface area (Å²) >= 11 is 0. The molecule has 0 saturated heterocycles. The molecule has 9 heteroatoms. The Labute approximate surface area is 206 Å². The summed E-state index contributed by atoms with van der Waals surface area (Å²) in [6.07, 6.45) is 0. The number of likely N-dealkylation sites (N-methyl/N-ethyl adjacent to an activating group) is 1. The molecule has 35 heavy (non-hydrogen) atoms. The van der Waals surface area contributed by atoms with Crippen LogP contribution in [0.2, 0.25) is 0 Å². The van der Waals surface area contributed by atoms with Gasteiger partial charge in [0.15, 0.2) is 0 Å². The highest BCUT2D eigenvalue weighted by Crippen LogP contribution is 2.09. The summed E-state index contributed by atoms with van der Waals surface area (Å²) in [5.41, 5.74) is 9.30. The number of amides is 3. The van der Waals surface area contributed by atoms with Crippen LogP contribution >= 0.6 is 0 Å². The molecule has 0 unspecified atom stereocenters. The van der Waals surface area contributed by atoms with Gasteiger partial charge in [0.1, 0.15) is 6.04 Å². The van der Waals surface area contributed by atoms with Gasteiger partial charge < -0.3 is 16.4 Å². The van der Waals surface area contributed by atoms with E-state index in [1.54, 1.807) is 48.5 Å². The number of anilines is 1. The molecule has 0 radical (unpaired) electrons. The minimum absolute atomic E-state index is 0. The van der Waals surface area contributed by atoms with Crippen molar-refractivity contribution in [2.75, 3.05) is 32.0 Å². The smallest absolute Gasteiger partial charge is 0.267 e. The van der Waals surface area contributed by atoms with Crippen molar-refractivity contribution in [3.05, 3.63) is 65.2 Å². The quantitative estimate of drug-likeness (QED) is 0.220. The molecule has 3 amide bonds. The van der Waals surface area contributed by atoms with Crippen LogP contribution in [-0.4, -0.2) is 60.6 Å². The van der Waals surface area contributed by atoms with Crippen LogP contribution < -0.4 is 21.8 Å². The van der Waals surface area contributed by atoms with E-state index in [1.165, 1.54) is 5.48 Å². The van der Waals surface area contributed by atoms with Crippen LogP contribution in [0.5, 0.6) is 0 Å². The van der Waals surface area contributed by atoms with Crippen LogP contribution in [0.4, 0.5) is 5.69 Å². The topological polar surface area (TPSA) is 137 Å².